The Bertz CT molecular complexity index is 293. The van der Waals surface area contributed by atoms with Gasteiger partial charge in [-0.25, -0.2) is 0 Å². The molecule has 3 nitrogen and oxygen atoms in total. The maximum atomic E-state index is 4.22. The summed E-state index contributed by atoms with van der Waals surface area (Å²) >= 11 is 0. The van der Waals surface area contributed by atoms with Gasteiger partial charge in [0.2, 0.25) is 0 Å². The SMILES string of the molecule is CCCNC(C)C(CC)Cc1cnn(C)c1. The van der Waals surface area contributed by atoms with Crippen molar-refractivity contribution in [2.45, 2.75) is 46.1 Å². The third-order valence-corrected chi connectivity index (χ3v) is 3.20. The normalized spacial score (nSPS) is 15.0. The molecule has 1 heterocycles. The van der Waals surface area contributed by atoms with E-state index in [0.29, 0.717) is 12.0 Å². The molecule has 1 aromatic heterocycles. The van der Waals surface area contributed by atoms with E-state index in [-0.39, 0.29) is 0 Å². The van der Waals surface area contributed by atoms with E-state index in [1.165, 1.54) is 18.4 Å². The molecular weight excluding hydrogens is 198 g/mol. The van der Waals surface area contributed by atoms with Gasteiger partial charge in [0.25, 0.3) is 0 Å². The predicted molar refractivity (Wildman–Crippen MR) is 68.4 cm³/mol. The number of aryl methyl sites for hydroxylation is 1. The molecule has 0 saturated heterocycles. The van der Waals surface area contributed by atoms with Crippen molar-refractivity contribution < 1.29 is 0 Å². The third-order valence-electron chi connectivity index (χ3n) is 3.20. The Morgan fingerprint density at radius 1 is 1.44 bits per heavy atom. The minimum absolute atomic E-state index is 0.588. The summed E-state index contributed by atoms with van der Waals surface area (Å²) in [6.07, 6.45) is 7.65. The number of nitrogens with one attached hydrogen (secondary N) is 1. The van der Waals surface area contributed by atoms with Gasteiger partial charge in [0.1, 0.15) is 0 Å². The highest BCUT2D eigenvalue weighted by molar-refractivity contribution is 5.05. The van der Waals surface area contributed by atoms with Crippen molar-refractivity contribution >= 4 is 0 Å². The second kappa shape index (κ2) is 6.69. The molecule has 1 aromatic rings. The lowest BCUT2D eigenvalue weighted by Crippen LogP contribution is -2.34. The summed E-state index contributed by atoms with van der Waals surface area (Å²) in [6.45, 7) is 7.89. The van der Waals surface area contributed by atoms with Crippen molar-refractivity contribution in [2.24, 2.45) is 13.0 Å². The Labute approximate surface area is 99.2 Å². The van der Waals surface area contributed by atoms with Gasteiger partial charge >= 0.3 is 0 Å². The van der Waals surface area contributed by atoms with Gasteiger partial charge in [0, 0.05) is 19.3 Å². The Hall–Kier alpha value is -0.830. The molecule has 0 bridgehead atoms. The largest absolute Gasteiger partial charge is 0.314 e. The van der Waals surface area contributed by atoms with Gasteiger partial charge in [-0.05, 0) is 37.8 Å². The smallest absolute Gasteiger partial charge is 0.0521 e. The summed E-state index contributed by atoms with van der Waals surface area (Å²) in [5.41, 5.74) is 1.35. The van der Waals surface area contributed by atoms with Crippen LogP contribution in [0.5, 0.6) is 0 Å². The Kier molecular flexibility index (Phi) is 5.53. The van der Waals surface area contributed by atoms with Crippen LogP contribution in [-0.2, 0) is 13.5 Å². The molecule has 0 aliphatic rings. The van der Waals surface area contributed by atoms with Crippen molar-refractivity contribution in [3.63, 3.8) is 0 Å². The van der Waals surface area contributed by atoms with Crippen LogP contribution >= 0.6 is 0 Å². The van der Waals surface area contributed by atoms with Gasteiger partial charge in [-0.15, -0.1) is 0 Å². The van der Waals surface area contributed by atoms with Crippen LogP contribution in [0, 0.1) is 5.92 Å². The molecule has 0 fully saturated rings. The Balaban J connectivity index is 2.47. The zero-order valence-electron chi connectivity index (χ0n) is 11.0. The lowest BCUT2D eigenvalue weighted by atomic mass is 9.92. The first-order valence-electron chi connectivity index (χ1n) is 6.38. The lowest BCUT2D eigenvalue weighted by molar-refractivity contribution is 0.362. The van der Waals surface area contributed by atoms with Crippen LogP contribution in [0.1, 0.15) is 39.2 Å². The van der Waals surface area contributed by atoms with Gasteiger partial charge in [0.15, 0.2) is 0 Å². The zero-order valence-corrected chi connectivity index (χ0v) is 11.0. The Morgan fingerprint density at radius 3 is 2.69 bits per heavy atom. The highest BCUT2D eigenvalue weighted by Gasteiger charge is 2.15. The van der Waals surface area contributed by atoms with Gasteiger partial charge in [-0.2, -0.15) is 5.10 Å². The van der Waals surface area contributed by atoms with Gasteiger partial charge in [-0.3, -0.25) is 4.68 Å². The minimum atomic E-state index is 0.588. The highest BCUT2D eigenvalue weighted by Crippen LogP contribution is 2.15. The molecule has 3 heteroatoms. The van der Waals surface area contributed by atoms with E-state index in [4.69, 9.17) is 0 Å². The van der Waals surface area contributed by atoms with Gasteiger partial charge in [-0.1, -0.05) is 20.3 Å². The predicted octanol–water partition coefficient (Wildman–Crippen LogP) is 2.38. The van der Waals surface area contributed by atoms with Crippen LogP contribution in [0.25, 0.3) is 0 Å². The number of aromatic nitrogens is 2. The maximum Gasteiger partial charge on any atom is 0.0521 e. The monoisotopic (exact) mass is 223 g/mol. The molecule has 1 rings (SSSR count). The van der Waals surface area contributed by atoms with E-state index in [0.717, 1.165) is 13.0 Å². The van der Waals surface area contributed by atoms with E-state index in [9.17, 15) is 0 Å². The van der Waals surface area contributed by atoms with Crippen LogP contribution in [0.4, 0.5) is 0 Å². The van der Waals surface area contributed by atoms with Crippen LogP contribution < -0.4 is 5.32 Å². The topological polar surface area (TPSA) is 29.9 Å². The molecule has 0 saturated carbocycles. The summed E-state index contributed by atoms with van der Waals surface area (Å²) in [7, 11) is 1.98. The van der Waals surface area contributed by atoms with Crippen LogP contribution in [0.15, 0.2) is 12.4 Å². The van der Waals surface area contributed by atoms with E-state index < -0.39 is 0 Å². The van der Waals surface area contributed by atoms with Crippen LogP contribution in [-0.4, -0.2) is 22.4 Å². The van der Waals surface area contributed by atoms with Crippen molar-refractivity contribution in [2.75, 3.05) is 6.54 Å². The van der Waals surface area contributed by atoms with Crippen LogP contribution in [0.3, 0.4) is 0 Å². The first kappa shape index (κ1) is 13.2. The molecule has 1 N–H and O–H groups in total. The van der Waals surface area contributed by atoms with Gasteiger partial charge in [0.05, 0.1) is 6.20 Å². The number of rotatable bonds is 7. The minimum Gasteiger partial charge on any atom is -0.314 e. The van der Waals surface area contributed by atoms with E-state index in [2.05, 4.69) is 37.4 Å². The fourth-order valence-electron chi connectivity index (χ4n) is 2.09. The quantitative estimate of drug-likeness (QED) is 0.769. The second-order valence-electron chi connectivity index (χ2n) is 4.64. The summed E-state index contributed by atoms with van der Waals surface area (Å²) in [4.78, 5) is 0. The number of hydrogen-bond acceptors (Lipinski definition) is 2. The molecule has 0 aliphatic carbocycles. The standard InChI is InChI=1S/C13H25N3/c1-5-7-14-11(3)13(6-2)8-12-9-15-16(4)10-12/h9-11,13-14H,5-8H2,1-4H3. The van der Waals surface area contributed by atoms with E-state index >= 15 is 0 Å². The second-order valence-corrected chi connectivity index (χ2v) is 4.64. The van der Waals surface area contributed by atoms with Crippen molar-refractivity contribution in [1.29, 1.82) is 0 Å². The summed E-state index contributed by atoms with van der Waals surface area (Å²) in [6, 6.07) is 0.588. The van der Waals surface area contributed by atoms with Crippen molar-refractivity contribution in [1.82, 2.24) is 15.1 Å². The summed E-state index contributed by atoms with van der Waals surface area (Å²) in [5, 5.41) is 7.80. The number of nitrogens with zero attached hydrogens (tertiary/aromatic N) is 2. The molecule has 0 amide bonds. The lowest BCUT2D eigenvalue weighted by Gasteiger charge is -2.23. The maximum absolute atomic E-state index is 4.22. The molecule has 2 unspecified atom stereocenters. The first-order valence-corrected chi connectivity index (χ1v) is 6.38. The van der Waals surface area contributed by atoms with Crippen molar-refractivity contribution in [3.8, 4) is 0 Å². The van der Waals surface area contributed by atoms with E-state index in [1.807, 2.05) is 17.9 Å². The molecule has 0 aromatic carbocycles. The molecule has 0 radical (unpaired) electrons. The van der Waals surface area contributed by atoms with Gasteiger partial charge < -0.3 is 5.32 Å². The van der Waals surface area contributed by atoms with Crippen LogP contribution in [0.2, 0.25) is 0 Å². The highest BCUT2D eigenvalue weighted by atomic mass is 15.2. The molecule has 2 atom stereocenters. The summed E-state index contributed by atoms with van der Waals surface area (Å²) < 4.78 is 1.88. The zero-order chi connectivity index (χ0) is 12.0. The fourth-order valence-corrected chi connectivity index (χ4v) is 2.09. The fraction of sp³-hybridized carbons (Fsp3) is 0.769. The molecule has 16 heavy (non-hydrogen) atoms. The first-order chi connectivity index (χ1) is 7.67. The van der Waals surface area contributed by atoms with Crippen molar-refractivity contribution in [3.05, 3.63) is 18.0 Å². The molecular formula is C13H25N3. The molecule has 0 aliphatic heterocycles. The average Bonchev–Trinajstić information content (AvgIpc) is 2.68. The molecule has 0 spiro atoms. The average molecular weight is 223 g/mol. The molecule has 92 valence electrons. The summed E-state index contributed by atoms with van der Waals surface area (Å²) in [5.74, 6) is 0.704. The van der Waals surface area contributed by atoms with E-state index in [1.54, 1.807) is 0 Å². The number of hydrogen-bond donors (Lipinski definition) is 1. The third kappa shape index (κ3) is 3.97. The Morgan fingerprint density at radius 2 is 2.19 bits per heavy atom.